The van der Waals surface area contributed by atoms with E-state index in [1.807, 2.05) is 12.1 Å². The van der Waals surface area contributed by atoms with Crippen molar-refractivity contribution in [3.05, 3.63) is 35.4 Å². The van der Waals surface area contributed by atoms with E-state index in [1.54, 1.807) is 0 Å². The Hall–Kier alpha value is -1.33. The van der Waals surface area contributed by atoms with E-state index in [0.29, 0.717) is 0 Å². The highest BCUT2D eigenvalue weighted by atomic mass is 15.1. The van der Waals surface area contributed by atoms with Gasteiger partial charge in [-0.2, -0.15) is 5.26 Å². The van der Waals surface area contributed by atoms with Gasteiger partial charge in [0.05, 0.1) is 11.6 Å². The van der Waals surface area contributed by atoms with E-state index in [1.165, 1.54) is 37.9 Å². The fourth-order valence-corrected chi connectivity index (χ4v) is 2.42. The highest BCUT2D eigenvalue weighted by molar-refractivity contribution is 5.31. The molecule has 0 radical (unpaired) electrons. The predicted octanol–water partition coefficient (Wildman–Crippen LogP) is 3.18. The summed E-state index contributed by atoms with van der Waals surface area (Å²) in [5.74, 6) is 0.876. The maximum Gasteiger partial charge on any atom is 0.0991 e. The number of rotatable bonds is 2. The smallest absolute Gasteiger partial charge is 0.0991 e. The third-order valence-corrected chi connectivity index (χ3v) is 3.60. The second kappa shape index (κ2) is 5.84. The van der Waals surface area contributed by atoms with Gasteiger partial charge in [-0.1, -0.05) is 19.1 Å². The maximum absolute atomic E-state index is 8.76. The molecule has 1 unspecified atom stereocenters. The van der Waals surface area contributed by atoms with Gasteiger partial charge in [-0.05, 0) is 56.0 Å². The maximum atomic E-state index is 8.76. The molecule has 1 saturated heterocycles. The fraction of sp³-hybridized carbons (Fsp3) is 0.533. The van der Waals surface area contributed by atoms with Gasteiger partial charge < -0.3 is 0 Å². The first-order valence-corrected chi connectivity index (χ1v) is 6.49. The Bertz CT molecular complexity index is 388. The van der Waals surface area contributed by atoms with Crippen LogP contribution in [0.2, 0.25) is 0 Å². The second-order valence-electron chi connectivity index (χ2n) is 5.12. The van der Waals surface area contributed by atoms with Crippen molar-refractivity contribution in [3.8, 4) is 6.07 Å². The second-order valence-corrected chi connectivity index (χ2v) is 5.12. The fourth-order valence-electron chi connectivity index (χ4n) is 2.42. The highest BCUT2D eigenvalue weighted by Gasteiger charge is 2.13. The van der Waals surface area contributed by atoms with Crippen LogP contribution >= 0.6 is 0 Å². The number of nitriles is 1. The van der Waals surface area contributed by atoms with E-state index in [2.05, 4.69) is 30.0 Å². The zero-order valence-corrected chi connectivity index (χ0v) is 10.5. The van der Waals surface area contributed by atoms with Gasteiger partial charge in [-0.25, -0.2) is 0 Å². The first-order chi connectivity index (χ1) is 8.28. The summed E-state index contributed by atoms with van der Waals surface area (Å²) in [6.07, 6.45) is 4.00. The summed E-state index contributed by atoms with van der Waals surface area (Å²) >= 11 is 0. The molecule has 1 aliphatic heterocycles. The summed E-state index contributed by atoms with van der Waals surface area (Å²) in [5, 5.41) is 8.76. The molecule has 0 amide bonds. The summed E-state index contributed by atoms with van der Waals surface area (Å²) < 4.78 is 0. The topological polar surface area (TPSA) is 27.0 Å². The van der Waals surface area contributed by atoms with Gasteiger partial charge in [0, 0.05) is 6.54 Å². The standard InChI is InChI=1S/C15H20N2/c1-13-3-2-9-17(10-8-13)12-15-6-4-14(11-16)5-7-15/h4-7,13H,2-3,8-10,12H2,1H3. The molecule has 2 heteroatoms. The Labute approximate surface area is 104 Å². The number of hydrogen-bond acceptors (Lipinski definition) is 2. The SMILES string of the molecule is CC1CCCN(Cc2ccc(C#N)cc2)CC1. The first kappa shape index (κ1) is 12.1. The van der Waals surface area contributed by atoms with E-state index in [-0.39, 0.29) is 0 Å². The monoisotopic (exact) mass is 228 g/mol. The first-order valence-electron chi connectivity index (χ1n) is 6.49. The summed E-state index contributed by atoms with van der Waals surface area (Å²) in [4.78, 5) is 2.53. The van der Waals surface area contributed by atoms with E-state index >= 15 is 0 Å². The van der Waals surface area contributed by atoms with Crippen molar-refractivity contribution in [1.82, 2.24) is 4.90 Å². The van der Waals surface area contributed by atoms with E-state index in [0.717, 1.165) is 18.0 Å². The summed E-state index contributed by atoms with van der Waals surface area (Å²) in [5.41, 5.74) is 2.07. The average Bonchev–Trinajstić information content (AvgIpc) is 2.56. The average molecular weight is 228 g/mol. The van der Waals surface area contributed by atoms with Crippen LogP contribution in [-0.2, 0) is 6.54 Å². The normalized spacial score (nSPS) is 21.8. The van der Waals surface area contributed by atoms with Gasteiger partial charge in [0.2, 0.25) is 0 Å². The lowest BCUT2D eigenvalue weighted by Crippen LogP contribution is -2.24. The summed E-state index contributed by atoms with van der Waals surface area (Å²) in [7, 11) is 0. The Kier molecular flexibility index (Phi) is 4.17. The summed E-state index contributed by atoms with van der Waals surface area (Å²) in [6, 6.07) is 10.1. The van der Waals surface area contributed by atoms with Crippen LogP contribution in [0.1, 0.15) is 37.3 Å². The van der Waals surface area contributed by atoms with Gasteiger partial charge >= 0.3 is 0 Å². The number of hydrogen-bond donors (Lipinski definition) is 0. The molecule has 0 aromatic heterocycles. The van der Waals surface area contributed by atoms with E-state index in [9.17, 15) is 0 Å². The lowest BCUT2D eigenvalue weighted by atomic mass is 10.0. The quantitative estimate of drug-likeness (QED) is 0.777. The van der Waals surface area contributed by atoms with E-state index < -0.39 is 0 Å². The zero-order chi connectivity index (χ0) is 12.1. The minimum atomic E-state index is 0.748. The van der Waals surface area contributed by atoms with Crippen molar-refractivity contribution in [3.63, 3.8) is 0 Å². The van der Waals surface area contributed by atoms with Crippen LogP contribution in [-0.4, -0.2) is 18.0 Å². The Morgan fingerprint density at radius 1 is 1.24 bits per heavy atom. The molecule has 2 rings (SSSR count). The van der Waals surface area contributed by atoms with Gasteiger partial charge in [-0.15, -0.1) is 0 Å². The molecule has 1 aromatic carbocycles. The van der Waals surface area contributed by atoms with Crippen LogP contribution in [0, 0.1) is 17.2 Å². The highest BCUT2D eigenvalue weighted by Crippen LogP contribution is 2.18. The Balaban J connectivity index is 1.93. The Morgan fingerprint density at radius 3 is 2.71 bits per heavy atom. The molecule has 0 spiro atoms. The molecule has 0 bridgehead atoms. The lowest BCUT2D eigenvalue weighted by molar-refractivity contribution is 0.273. The zero-order valence-electron chi connectivity index (χ0n) is 10.5. The molecule has 17 heavy (non-hydrogen) atoms. The molecular weight excluding hydrogens is 208 g/mol. The molecule has 1 aromatic rings. The van der Waals surface area contributed by atoms with Crippen LogP contribution in [0.4, 0.5) is 0 Å². The minimum absolute atomic E-state index is 0.748. The van der Waals surface area contributed by atoms with Gasteiger partial charge in [-0.3, -0.25) is 4.90 Å². The molecule has 90 valence electrons. The van der Waals surface area contributed by atoms with Crippen molar-refractivity contribution in [2.24, 2.45) is 5.92 Å². The van der Waals surface area contributed by atoms with Crippen molar-refractivity contribution in [2.75, 3.05) is 13.1 Å². The molecule has 1 heterocycles. The van der Waals surface area contributed by atoms with Gasteiger partial charge in [0.1, 0.15) is 0 Å². The largest absolute Gasteiger partial charge is 0.299 e. The molecule has 0 saturated carbocycles. The minimum Gasteiger partial charge on any atom is -0.299 e. The lowest BCUT2D eigenvalue weighted by Gasteiger charge is -2.19. The van der Waals surface area contributed by atoms with Crippen LogP contribution < -0.4 is 0 Å². The van der Waals surface area contributed by atoms with Crippen LogP contribution in [0.3, 0.4) is 0 Å². The molecule has 1 aliphatic rings. The molecule has 0 N–H and O–H groups in total. The number of benzene rings is 1. The van der Waals surface area contributed by atoms with Crippen LogP contribution in [0.15, 0.2) is 24.3 Å². The van der Waals surface area contributed by atoms with Crippen molar-refractivity contribution < 1.29 is 0 Å². The molecule has 2 nitrogen and oxygen atoms in total. The molecule has 0 aliphatic carbocycles. The molecule has 1 fully saturated rings. The van der Waals surface area contributed by atoms with Crippen molar-refractivity contribution in [2.45, 2.75) is 32.7 Å². The number of likely N-dealkylation sites (tertiary alicyclic amines) is 1. The third kappa shape index (κ3) is 3.57. The van der Waals surface area contributed by atoms with Gasteiger partial charge in [0.15, 0.2) is 0 Å². The van der Waals surface area contributed by atoms with Gasteiger partial charge in [0.25, 0.3) is 0 Å². The van der Waals surface area contributed by atoms with Crippen LogP contribution in [0.5, 0.6) is 0 Å². The number of nitrogens with zero attached hydrogens (tertiary/aromatic N) is 2. The molecule has 1 atom stereocenters. The third-order valence-electron chi connectivity index (χ3n) is 3.60. The van der Waals surface area contributed by atoms with Crippen LogP contribution in [0.25, 0.3) is 0 Å². The van der Waals surface area contributed by atoms with E-state index in [4.69, 9.17) is 5.26 Å². The molecular formula is C15H20N2. The van der Waals surface area contributed by atoms with Crippen molar-refractivity contribution in [1.29, 1.82) is 5.26 Å². The summed E-state index contributed by atoms with van der Waals surface area (Å²) in [6.45, 7) is 5.80. The van der Waals surface area contributed by atoms with Crippen molar-refractivity contribution >= 4 is 0 Å². The Morgan fingerprint density at radius 2 is 2.00 bits per heavy atom. The predicted molar refractivity (Wildman–Crippen MR) is 69.4 cm³/mol.